The summed E-state index contributed by atoms with van der Waals surface area (Å²) in [5, 5.41) is 12.7. The molecule has 112 valence electrons. The standard InChI is InChI=1S/C16H22N4O/c1-19(2)16(21)15-11-18-8-9-20(15)12-14(10-17)13-6-4-3-5-7-13/h3-7,14-15,18H,8-9,11-12H2,1-2H3. The van der Waals surface area contributed by atoms with E-state index in [1.165, 1.54) is 0 Å². The largest absolute Gasteiger partial charge is 0.347 e. The van der Waals surface area contributed by atoms with Gasteiger partial charge in [-0.2, -0.15) is 5.26 Å². The summed E-state index contributed by atoms with van der Waals surface area (Å²) >= 11 is 0. The first-order chi connectivity index (χ1) is 10.1. The highest BCUT2D eigenvalue weighted by Gasteiger charge is 2.31. The number of nitrogens with zero attached hydrogens (tertiary/aromatic N) is 3. The lowest BCUT2D eigenvalue weighted by molar-refractivity contribution is -0.135. The molecule has 0 aliphatic carbocycles. The van der Waals surface area contributed by atoms with Crippen LogP contribution in [-0.2, 0) is 4.79 Å². The second kappa shape index (κ2) is 7.21. The van der Waals surface area contributed by atoms with Crippen molar-refractivity contribution in [3.05, 3.63) is 35.9 Å². The smallest absolute Gasteiger partial charge is 0.240 e. The van der Waals surface area contributed by atoms with Crippen LogP contribution in [0.2, 0.25) is 0 Å². The lowest BCUT2D eigenvalue weighted by Gasteiger charge is -2.37. The highest BCUT2D eigenvalue weighted by atomic mass is 16.2. The minimum atomic E-state index is -0.207. The molecule has 0 spiro atoms. The van der Waals surface area contributed by atoms with Crippen molar-refractivity contribution in [3.8, 4) is 6.07 Å². The van der Waals surface area contributed by atoms with Crippen LogP contribution in [0, 0.1) is 11.3 Å². The molecule has 1 amide bonds. The fourth-order valence-electron chi connectivity index (χ4n) is 2.65. The molecule has 1 N–H and O–H groups in total. The molecule has 1 aromatic carbocycles. The molecular weight excluding hydrogens is 264 g/mol. The number of nitrogens with one attached hydrogen (secondary N) is 1. The summed E-state index contributed by atoms with van der Waals surface area (Å²) in [4.78, 5) is 16.0. The van der Waals surface area contributed by atoms with E-state index in [0.29, 0.717) is 13.1 Å². The molecule has 2 atom stereocenters. The molecule has 0 saturated carbocycles. The van der Waals surface area contributed by atoms with Gasteiger partial charge in [-0.25, -0.2) is 0 Å². The van der Waals surface area contributed by atoms with Gasteiger partial charge in [-0.3, -0.25) is 9.69 Å². The van der Waals surface area contributed by atoms with Crippen molar-refractivity contribution in [2.45, 2.75) is 12.0 Å². The van der Waals surface area contributed by atoms with E-state index in [9.17, 15) is 10.1 Å². The molecule has 0 radical (unpaired) electrons. The predicted molar refractivity (Wildman–Crippen MR) is 81.7 cm³/mol. The van der Waals surface area contributed by atoms with Crippen molar-refractivity contribution in [2.75, 3.05) is 40.3 Å². The van der Waals surface area contributed by atoms with E-state index in [4.69, 9.17) is 0 Å². The van der Waals surface area contributed by atoms with E-state index in [1.54, 1.807) is 19.0 Å². The van der Waals surface area contributed by atoms with Gasteiger partial charge in [0.1, 0.15) is 6.04 Å². The van der Waals surface area contributed by atoms with Crippen molar-refractivity contribution in [1.82, 2.24) is 15.1 Å². The van der Waals surface area contributed by atoms with Crippen molar-refractivity contribution < 1.29 is 4.79 Å². The van der Waals surface area contributed by atoms with Gasteiger partial charge in [0, 0.05) is 40.3 Å². The number of likely N-dealkylation sites (N-methyl/N-ethyl adjacent to an activating group) is 1. The molecule has 21 heavy (non-hydrogen) atoms. The Morgan fingerprint density at radius 2 is 2.19 bits per heavy atom. The molecular formula is C16H22N4O. The van der Waals surface area contributed by atoms with Gasteiger partial charge in [-0.15, -0.1) is 0 Å². The summed E-state index contributed by atoms with van der Waals surface area (Å²) in [5.74, 6) is -0.117. The topological polar surface area (TPSA) is 59.4 Å². The Morgan fingerprint density at radius 1 is 1.48 bits per heavy atom. The molecule has 0 bridgehead atoms. The lowest BCUT2D eigenvalue weighted by Crippen LogP contribution is -2.58. The molecule has 0 aromatic heterocycles. The van der Waals surface area contributed by atoms with E-state index < -0.39 is 0 Å². The van der Waals surface area contributed by atoms with Crippen LogP contribution >= 0.6 is 0 Å². The van der Waals surface area contributed by atoms with E-state index in [0.717, 1.165) is 18.7 Å². The molecule has 1 aliphatic heterocycles. The van der Waals surface area contributed by atoms with Crippen LogP contribution in [0.4, 0.5) is 0 Å². The van der Waals surface area contributed by atoms with Gasteiger partial charge < -0.3 is 10.2 Å². The third-order valence-corrected chi connectivity index (χ3v) is 3.85. The third-order valence-electron chi connectivity index (χ3n) is 3.85. The van der Waals surface area contributed by atoms with Gasteiger partial charge >= 0.3 is 0 Å². The number of benzene rings is 1. The SMILES string of the molecule is CN(C)C(=O)C1CNCCN1CC(C#N)c1ccccc1. The van der Waals surface area contributed by atoms with Crippen LogP contribution < -0.4 is 5.32 Å². The fraction of sp³-hybridized carbons (Fsp3) is 0.500. The first-order valence-corrected chi connectivity index (χ1v) is 7.24. The Balaban J connectivity index is 2.11. The highest BCUT2D eigenvalue weighted by Crippen LogP contribution is 2.18. The molecule has 1 fully saturated rings. The van der Waals surface area contributed by atoms with Gasteiger partial charge in [0.05, 0.1) is 12.0 Å². The number of hydrogen-bond acceptors (Lipinski definition) is 4. The number of nitriles is 1. The number of piperazine rings is 1. The number of hydrogen-bond donors (Lipinski definition) is 1. The Morgan fingerprint density at radius 3 is 2.81 bits per heavy atom. The monoisotopic (exact) mass is 286 g/mol. The van der Waals surface area contributed by atoms with Crippen molar-refractivity contribution in [3.63, 3.8) is 0 Å². The Hall–Kier alpha value is -1.90. The van der Waals surface area contributed by atoms with Gasteiger partial charge in [0.25, 0.3) is 0 Å². The predicted octanol–water partition coefficient (Wildman–Crippen LogP) is 0.656. The molecule has 5 heteroatoms. The Bertz CT molecular complexity index is 509. The number of carbonyl (C=O) groups is 1. The number of rotatable bonds is 4. The maximum absolute atomic E-state index is 12.3. The number of amides is 1. The molecule has 1 aliphatic rings. The Kier molecular flexibility index (Phi) is 5.32. The minimum Gasteiger partial charge on any atom is -0.347 e. The van der Waals surface area contributed by atoms with Crippen molar-refractivity contribution in [1.29, 1.82) is 5.26 Å². The molecule has 1 aromatic rings. The van der Waals surface area contributed by atoms with E-state index in [2.05, 4.69) is 16.3 Å². The summed E-state index contributed by atoms with van der Waals surface area (Å²) < 4.78 is 0. The normalized spacial score (nSPS) is 20.5. The first-order valence-electron chi connectivity index (χ1n) is 7.24. The van der Waals surface area contributed by atoms with Gasteiger partial charge in [-0.05, 0) is 5.56 Å². The van der Waals surface area contributed by atoms with Crippen molar-refractivity contribution >= 4 is 5.91 Å². The second-order valence-electron chi connectivity index (χ2n) is 5.54. The van der Waals surface area contributed by atoms with Crippen LogP contribution in [0.25, 0.3) is 0 Å². The molecule has 1 saturated heterocycles. The van der Waals surface area contributed by atoms with Gasteiger partial charge in [0.2, 0.25) is 5.91 Å². The second-order valence-corrected chi connectivity index (χ2v) is 5.54. The first kappa shape index (κ1) is 15.5. The van der Waals surface area contributed by atoms with Crippen LogP contribution in [0.3, 0.4) is 0 Å². The molecule has 2 rings (SSSR count). The summed E-state index contributed by atoms with van der Waals surface area (Å²) in [6.45, 7) is 2.87. The zero-order chi connectivity index (χ0) is 15.2. The average Bonchev–Trinajstić information content (AvgIpc) is 2.53. The maximum atomic E-state index is 12.3. The van der Waals surface area contributed by atoms with Crippen LogP contribution in [0.5, 0.6) is 0 Å². The molecule has 5 nitrogen and oxygen atoms in total. The van der Waals surface area contributed by atoms with E-state index in [1.807, 2.05) is 30.3 Å². The quantitative estimate of drug-likeness (QED) is 0.883. The third kappa shape index (κ3) is 3.81. The summed E-state index contributed by atoms with van der Waals surface area (Å²) in [6.07, 6.45) is 0. The Labute approximate surface area is 126 Å². The number of carbonyl (C=O) groups excluding carboxylic acids is 1. The average molecular weight is 286 g/mol. The summed E-state index contributed by atoms with van der Waals surface area (Å²) in [6, 6.07) is 12.0. The van der Waals surface area contributed by atoms with Crippen LogP contribution in [-0.4, -0.2) is 62.0 Å². The van der Waals surface area contributed by atoms with Crippen molar-refractivity contribution in [2.24, 2.45) is 0 Å². The van der Waals surface area contributed by atoms with Gasteiger partial charge in [-0.1, -0.05) is 30.3 Å². The highest BCUT2D eigenvalue weighted by molar-refractivity contribution is 5.81. The minimum absolute atomic E-state index is 0.0898. The maximum Gasteiger partial charge on any atom is 0.240 e. The fourth-order valence-corrected chi connectivity index (χ4v) is 2.65. The zero-order valence-electron chi connectivity index (χ0n) is 12.6. The molecule has 1 heterocycles. The lowest BCUT2D eigenvalue weighted by atomic mass is 9.98. The van der Waals surface area contributed by atoms with E-state index >= 15 is 0 Å². The summed E-state index contributed by atoms with van der Waals surface area (Å²) in [7, 11) is 3.54. The van der Waals surface area contributed by atoms with Crippen LogP contribution in [0.1, 0.15) is 11.5 Å². The van der Waals surface area contributed by atoms with Gasteiger partial charge in [0.15, 0.2) is 0 Å². The summed E-state index contributed by atoms with van der Waals surface area (Å²) in [5.41, 5.74) is 1.01. The molecule has 2 unspecified atom stereocenters. The van der Waals surface area contributed by atoms with E-state index in [-0.39, 0.29) is 17.9 Å². The zero-order valence-corrected chi connectivity index (χ0v) is 12.6. The van der Waals surface area contributed by atoms with Crippen LogP contribution in [0.15, 0.2) is 30.3 Å².